The summed E-state index contributed by atoms with van der Waals surface area (Å²) in [6, 6.07) is 0. The molecule has 0 aliphatic carbocycles. The SMILES string of the molecule is CC1CCCCO1.CNC. The lowest BCUT2D eigenvalue weighted by Gasteiger charge is -2.17. The third-order valence-corrected chi connectivity index (χ3v) is 1.41. The van der Waals surface area contributed by atoms with Gasteiger partial charge in [0.1, 0.15) is 0 Å². The van der Waals surface area contributed by atoms with E-state index in [9.17, 15) is 0 Å². The Bertz CT molecular complexity index is 60.3. The lowest BCUT2D eigenvalue weighted by atomic mass is 10.1. The third-order valence-electron chi connectivity index (χ3n) is 1.41. The maximum atomic E-state index is 5.28. The van der Waals surface area contributed by atoms with E-state index in [4.69, 9.17) is 4.74 Å². The van der Waals surface area contributed by atoms with Gasteiger partial charge in [0, 0.05) is 6.61 Å². The molecule has 0 spiro atoms. The first-order valence-corrected chi connectivity index (χ1v) is 4.01. The maximum absolute atomic E-state index is 5.28. The quantitative estimate of drug-likeness (QED) is 0.556. The van der Waals surface area contributed by atoms with Gasteiger partial charge in [-0.15, -0.1) is 0 Å². The molecule has 0 aromatic carbocycles. The molecule has 1 fully saturated rings. The second-order valence-corrected chi connectivity index (χ2v) is 2.68. The van der Waals surface area contributed by atoms with Gasteiger partial charge in [-0.25, -0.2) is 0 Å². The van der Waals surface area contributed by atoms with E-state index >= 15 is 0 Å². The molecular formula is C8H19NO. The van der Waals surface area contributed by atoms with Gasteiger partial charge in [0.15, 0.2) is 0 Å². The molecule has 1 rings (SSSR count). The lowest BCUT2D eigenvalue weighted by Crippen LogP contribution is -2.14. The van der Waals surface area contributed by atoms with Crippen LogP contribution < -0.4 is 5.32 Å². The van der Waals surface area contributed by atoms with Gasteiger partial charge in [-0.1, -0.05) is 0 Å². The molecule has 1 aliphatic rings. The number of ether oxygens (including phenoxy) is 1. The Hall–Kier alpha value is -0.0800. The first-order chi connectivity index (χ1) is 4.81. The fraction of sp³-hybridized carbons (Fsp3) is 1.00. The standard InChI is InChI=1S/C6H12O.C2H7N/c1-6-4-2-3-5-7-6;1-3-2/h6H,2-5H2,1H3;3H,1-2H3. The molecule has 1 N–H and O–H groups in total. The van der Waals surface area contributed by atoms with Crippen LogP contribution in [0.5, 0.6) is 0 Å². The van der Waals surface area contributed by atoms with Crippen LogP contribution in [0.15, 0.2) is 0 Å². The van der Waals surface area contributed by atoms with E-state index in [2.05, 4.69) is 12.2 Å². The summed E-state index contributed by atoms with van der Waals surface area (Å²) in [5.41, 5.74) is 0. The van der Waals surface area contributed by atoms with Crippen LogP contribution in [0, 0.1) is 0 Å². The highest BCUT2D eigenvalue weighted by atomic mass is 16.5. The molecule has 0 radical (unpaired) electrons. The van der Waals surface area contributed by atoms with Crippen molar-refractivity contribution in [3.05, 3.63) is 0 Å². The summed E-state index contributed by atoms with van der Waals surface area (Å²) in [6.07, 6.45) is 4.43. The molecule has 0 bridgehead atoms. The average molecular weight is 145 g/mol. The van der Waals surface area contributed by atoms with Crippen molar-refractivity contribution in [2.24, 2.45) is 0 Å². The van der Waals surface area contributed by atoms with Crippen molar-refractivity contribution in [2.45, 2.75) is 32.3 Å². The fourth-order valence-electron chi connectivity index (χ4n) is 0.902. The van der Waals surface area contributed by atoms with Gasteiger partial charge in [-0.05, 0) is 40.3 Å². The van der Waals surface area contributed by atoms with Gasteiger partial charge in [-0.3, -0.25) is 0 Å². The van der Waals surface area contributed by atoms with Gasteiger partial charge in [-0.2, -0.15) is 0 Å². The molecule has 1 saturated heterocycles. The van der Waals surface area contributed by atoms with E-state index in [1.165, 1.54) is 19.3 Å². The van der Waals surface area contributed by atoms with Crippen LogP contribution in [0.2, 0.25) is 0 Å². The van der Waals surface area contributed by atoms with Crippen LogP contribution >= 0.6 is 0 Å². The molecule has 0 amide bonds. The Balaban J connectivity index is 0.000000236. The maximum Gasteiger partial charge on any atom is 0.0547 e. The Morgan fingerprint density at radius 3 is 2.10 bits per heavy atom. The van der Waals surface area contributed by atoms with Crippen molar-refractivity contribution in [2.75, 3.05) is 20.7 Å². The topological polar surface area (TPSA) is 21.3 Å². The molecule has 2 heteroatoms. The zero-order valence-electron chi connectivity index (χ0n) is 7.31. The molecule has 2 nitrogen and oxygen atoms in total. The average Bonchev–Trinajstić information content (AvgIpc) is 1.91. The fourth-order valence-corrected chi connectivity index (χ4v) is 0.902. The minimum absolute atomic E-state index is 0.536. The van der Waals surface area contributed by atoms with Crippen molar-refractivity contribution in [3.63, 3.8) is 0 Å². The number of rotatable bonds is 0. The molecule has 1 heterocycles. The molecule has 62 valence electrons. The smallest absolute Gasteiger partial charge is 0.0547 e. The van der Waals surface area contributed by atoms with Gasteiger partial charge in [0.25, 0.3) is 0 Å². The van der Waals surface area contributed by atoms with Crippen molar-refractivity contribution < 1.29 is 4.74 Å². The van der Waals surface area contributed by atoms with E-state index in [1.54, 1.807) is 0 Å². The third kappa shape index (κ3) is 6.05. The molecule has 0 saturated carbocycles. The Morgan fingerprint density at radius 1 is 1.30 bits per heavy atom. The minimum atomic E-state index is 0.536. The van der Waals surface area contributed by atoms with Crippen LogP contribution in [-0.4, -0.2) is 26.8 Å². The Morgan fingerprint density at radius 2 is 1.90 bits per heavy atom. The van der Waals surface area contributed by atoms with E-state index in [0.717, 1.165) is 6.61 Å². The Labute approximate surface area is 64.0 Å². The molecule has 1 unspecified atom stereocenters. The summed E-state index contributed by atoms with van der Waals surface area (Å²) in [4.78, 5) is 0. The van der Waals surface area contributed by atoms with Crippen LogP contribution in [-0.2, 0) is 4.74 Å². The molecule has 0 aromatic heterocycles. The summed E-state index contributed by atoms with van der Waals surface area (Å²) in [5, 5.41) is 2.75. The molecule has 1 aliphatic heterocycles. The summed E-state index contributed by atoms with van der Waals surface area (Å²) >= 11 is 0. The largest absolute Gasteiger partial charge is 0.379 e. The molecule has 0 aromatic rings. The van der Waals surface area contributed by atoms with Crippen molar-refractivity contribution in [3.8, 4) is 0 Å². The highest BCUT2D eigenvalue weighted by Crippen LogP contribution is 2.10. The summed E-state index contributed by atoms with van der Waals surface area (Å²) in [7, 11) is 3.75. The van der Waals surface area contributed by atoms with Crippen molar-refractivity contribution in [1.82, 2.24) is 5.32 Å². The van der Waals surface area contributed by atoms with Crippen molar-refractivity contribution >= 4 is 0 Å². The van der Waals surface area contributed by atoms with Gasteiger partial charge >= 0.3 is 0 Å². The highest BCUT2D eigenvalue weighted by molar-refractivity contribution is 4.55. The van der Waals surface area contributed by atoms with E-state index < -0.39 is 0 Å². The summed E-state index contributed by atoms with van der Waals surface area (Å²) in [6.45, 7) is 3.13. The zero-order chi connectivity index (χ0) is 7.82. The number of hydrogen-bond donors (Lipinski definition) is 1. The minimum Gasteiger partial charge on any atom is -0.379 e. The van der Waals surface area contributed by atoms with Crippen LogP contribution in [0.4, 0.5) is 0 Å². The van der Waals surface area contributed by atoms with Gasteiger partial charge < -0.3 is 10.1 Å². The molecular weight excluding hydrogens is 126 g/mol. The van der Waals surface area contributed by atoms with Crippen LogP contribution in [0.3, 0.4) is 0 Å². The van der Waals surface area contributed by atoms with E-state index in [1.807, 2.05) is 14.1 Å². The lowest BCUT2D eigenvalue weighted by molar-refractivity contribution is 0.0285. The van der Waals surface area contributed by atoms with Crippen LogP contribution in [0.1, 0.15) is 26.2 Å². The van der Waals surface area contributed by atoms with Gasteiger partial charge in [0.2, 0.25) is 0 Å². The summed E-state index contributed by atoms with van der Waals surface area (Å²) in [5.74, 6) is 0. The Kier molecular flexibility index (Phi) is 6.98. The number of nitrogens with one attached hydrogen (secondary N) is 1. The van der Waals surface area contributed by atoms with Crippen molar-refractivity contribution in [1.29, 1.82) is 0 Å². The van der Waals surface area contributed by atoms with E-state index in [0.29, 0.717) is 6.10 Å². The van der Waals surface area contributed by atoms with Gasteiger partial charge in [0.05, 0.1) is 6.10 Å². The first-order valence-electron chi connectivity index (χ1n) is 4.01. The highest BCUT2D eigenvalue weighted by Gasteiger charge is 2.05. The predicted octanol–water partition coefficient (Wildman–Crippen LogP) is 1.41. The molecule has 1 atom stereocenters. The molecule has 10 heavy (non-hydrogen) atoms. The van der Waals surface area contributed by atoms with E-state index in [-0.39, 0.29) is 0 Å². The second kappa shape index (κ2) is 7.03. The predicted molar refractivity (Wildman–Crippen MR) is 44.2 cm³/mol. The second-order valence-electron chi connectivity index (χ2n) is 2.68. The van der Waals surface area contributed by atoms with Crippen LogP contribution in [0.25, 0.3) is 0 Å². The summed E-state index contributed by atoms with van der Waals surface area (Å²) < 4.78 is 5.28. The zero-order valence-corrected chi connectivity index (χ0v) is 7.31. The normalized spacial score (nSPS) is 24.9. The monoisotopic (exact) mass is 145 g/mol. The number of hydrogen-bond acceptors (Lipinski definition) is 2. The first kappa shape index (κ1) is 9.92.